The van der Waals surface area contributed by atoms with Crippen molar-refractivity contribution in [1.82, 2.24) is 14.6 Å². The second-order valence-corrected chi connectivity index (χ2v) is 5.26. The molecule has 0 fully saturated rings. The maximum absolute atomic E-state index is 4.35. The second kappa shape index (κ2) is 7.26. The van der Waals surface area contributed by atoms with Crippen LogP contribution >= 0.6 is 11.8 Å². The predicted molar refractivity (Wildman–Crippen MR) is 78.3 cm³/mol. The lowest BCUT2D eigenvalue weighted by atomic mass is 10.2. The van der Waals surface area contributed by atoms with Crippen molar-refractivity contribution in [3.05, 3.63) is 24.7 Å². The van der Waals surface area contributed by atoms with Gasteiger partial charge in [-0.05, 0) is 30.9 Å². The number of hydrogen-bond donors (Lipinski definition) is 1. The Morgan fingerprint density at radius 2 is 2.11 bits per heavy atom. The molecule has 0 amide bonds. The zero-order valence-corrected chi connectivity index (χ0v) is 11.6. The van der Waals surface area contributed by atoms with Gasteiger partial charge in [-0.3, -0.25) is 0 Å². The highest BCUT2D eigenvalue weighted by atomic mass is 32.2. The molecule has 2 aromatic heterocycles. The monoisotopic (exact) mass is 264 g/mol. The summed E-state index contributed by atoms with van der Waals surface area (Å²) >= 11 is 1.93. The number of unbranched alkanes of at least 4 members (excludes halogenated alkanes) is 3. The Bertz CT molecular complexity index is 469. The van der Waals surface area contributed by atoms with Gasteiger partial charge in [0.1, 0.15) is 5.52 Å². The number of anilines is 1. The molecule has 4 nitrogen and oxygen atoms in total. The van der Waals surface area contributed by atoms with Crippen LogP contribution in [0.4, 0.5) is 5.82 Å². The minimum absolute atomic E-state index is 0.930. The van der Waals surface area contributed by atoms with Gasteiger partial charge in [-0.15, -0.1) is 0 Å². The van der Waals surface area contributed by atoms with Crippen LogP contribution in [0, 0.1) is 0 Å². The summed E-state index contributed by atoms with van der Waals surface area (Å²) in [7, 11) is 0. The minimum Gasteiger partial charge on any atom is -0.368 e. The van der Waals surface area contributed by atoms with E-state index in [0.29, 0.717) is 0 Å². The van der Waals surface area contributed by atoms with Crippen LogP contribution in [0.1, 0.15) is 25.7 Å². The van der Waals surface area contributed by atoms with E-state index in [-0.39, 0.29) is 0 Å². The van der Waals surface area contributed by atoms with E-state index in [1.165, 1.54) is 31.4 Å². The Balaban J connectivity index is 1.72. The average molecular weight is 264 g/mol. The summed E-state index contributed by atoms with van der Waals surface area (Å²) in [5.74, 6) is 2.21. The third kappa shape index (κ3) is 3.63. The van der Waals surface area contributed by atoms with Crippen molar-refractivity contribution in [2.24, 2.45) is 0 Å². The molecule has 0 atom stereocenters. The van der Waals surface area contributed by atoms with Gasteiger partial charge in [-0.2, -0.15) is 16.9 Å². The molecule has 0 aliphatic carbocycles. The van der Waals surface area contributed by atoms with E-state index < -0.39 is 0 Å². The number of nitrogens with zero attached hydrogens (tertiary/aromatic N) is 3. The molecule has 0 radical (unpaired) electrons. The smallest absolute Gasteiger partial charge is 0.152 e. The molecule has 0 bridgehead atoms. The van der Waals surface area contributed by atoms with Gasteiger partial charge in [-0.25, -0.2) is 9.50 Å². The molecule has 0 saturated heterocycles. The van der Waals surface area contributed by atoms with E-state index >= 15 is 0 Å². The highest BCUT2D eigenvalue weighted by molar-refractivity contribution is 7.98. The fourth-order valence-corrected chi connectivity index (χ4v) is 2.42. The first-order valence-corrected chi connectivity index (χ1v) is 7.82. The number of fused-ring (bicyclic) bond motifs is 1. The standard InChI is InChI=1S/C13H20N4S/c1-18-11-5-3-2-4-7-14-13-12-6-8-16-17(12)10-9-15-13/h6,8-10H,2-5,7,11H2,1H3,(H,14,15). The lowest BCUT2D eigenvalue weighted by molar-refractivity contribution is 0.688. The van der Waals surface area contributed by atoms with E-state index in [4.69, 9.17) is 0 Å². The van der Waals surface area contributed by atoms with Crippen LogP contribution in [0.5, 0.6) is 0 Å². The summed E-state index contributed by atoms with van der Waals surface area (Å²) < 4.78 is 1.84. The summed E-state index contributed by atoms with van der Waals surface area (Å²) in [6, 6.07) is 1.98. The number of hydrogen-bond acceptors (Lipinski definition) is 4. The van der Waals surface area contributed by atoms with E-state index in [0.717, 1.165) is 17.9 Å². The summed E-state index contributed by atoms with van der Waals surface area (Å²) in [6.07, 6.45) is 12.7. The molecular formula is C13H20N4S. The molecule has 1 N–H and O–H groups in total. The number of nitrogens with one attached hydrogen (secondary N) is 1. The zero-order valence-electron chi connectivity index (χ0n) is 10.8. The van der Waals surface area contributed by atoms with Crippen molar-refractivity contribution in [3.63, 3.8) is 0 Å². The summed E-state index contributed by atoms with van der Waals surface area (Å²) in [4.78, 5) is 4.35. The maximum Gasteiger partial charge on any atom is 0.152 e. The molecular weight excluding hydrogens is 244 g/mol. The van der Waals surface area contributed by atoms with Gasteiger partial charge in [0.25, 0.3) is 0 Å². The topological polar surface area (TPSA) is 42.2 Å². The number of rotatable bonds is 8. The molecule has 0 unspecified atom stereocenters. The molecule has 0 aromatic carbocycles. The Morgan fingerprint density at radius 1 is 1.22 bits per heavy atom. The Labute approximate surface area is 112 Å². The van der Waals surface area contributed by atoms with Gasteiger partial charge in [0.05, 0.1) is 6.20 Å². The first kappa shape index (κ1) is 13.2. The second-order valence-electron chi connectivity index (χ2n) is 4.27. The van der Waals surface area contributed by atoms with Crippen LogP contribution in [0.15, 0.2) is 24.7 Å². The first-order valence-electron chi connectivity index (χ1n) is 6.43. The van der Waals surface area contributed by atoms with Crippen molar-refractivity contribution in [2.45, 2.75) is 25.7 Å². The first-order chi connectivity index (χ1) is 8.92. The molecule has 0 aliphatic rings. The van der Waals surface area contributed by atoms with Crippen molar-refractivity contribution in [3.8, 4) is 0 Å². The lowest BCUT2D eigenvalue weighted by Crippen LogP contribution is -2.05. The summed E-state index contributed by atoms with van der Waals surface area (Å²) in [6.45, 7) is 0.983. The van der Waals surface area contributed by atoms with Crippen LogP contribution in [-0.2, 0) is 0 Å². The zero-order chi connectivity index (χ0) is 12.6. The third-order valence-electron chi connectivity index (χ3n) is 2.89. The Kier molecular flexibility index (Phi) is 5.33. The minimum atomic E-state index is 0.930. The highest BCUT2D eigenvalue weighted by Crippen LogP contribution is 2.12. The largest absolute Gasteiger partial charge is 0.368 e. The molecule has 98 valence electrons. The Morgan fingerprint density at radius 3 is 3.00 bits per heavy atom. The maximum atomic E-state index is 4.35. The van der Waals surface area contributed by atoms with Crippen LogP contribution in [0.3, 0.4) is 0 Å². The SMILES string of the molecule is CSCCCCCCNc1nccn2nccc12. The van der Waals surface area contributed by atoms with Gasteiger partial charge in [0.2, 0.25) is 0 Å². The van der Waals surface area contributed by atoms with Crippen LogP contribution < -0.4 is 5.32 Å². The van der Waals surface area contributed by atoms with Crippen molar-refractivity contribution >= 4 is 23.1 Å². The van der Waals surface area contributed by atoms with Gasteiger partial charge < -0.3 is 5.32 Å². The van der Waals surface area contributed by atoms with E-state index in [1.807, 2.05) is 28.5 Å². The molecule has 0 aliphatic heterocycles. The number of thioether (sulfide) groups is 1. The fraction of sp³-hybridized carbons (Fsp3) is 0.538. The van der Waals surface area contributed by atoms with E-state index in [9.17, 15) is 0 Å². The van der Waals surface area contributed by atoms with Crippen LogP contribution in [-0.4, -0.2) is 33.2 Å². The molecule has 18 heavy (non-hydrogen) atoms. The lowest BCUT2D eigenvalue weighted by Gasteiger charge is -2.06. The van der Waals surface area contributed by atoms with E-state index in [1.54, 1.807) is 12.4 Å². The third-order valence-corrected chi connectivity index (χ3v) is 3.59. The normalized spacial score (nSPS) is 10.9. The molecule has 2 aromatic rings. The molecule has 5 heteroatoms. The average Bonchev–Trinajstić information content (AvgIpc) is 2.86. The predicted octanol–water partition coefficient (Wildman–Crippen LogP) is 3.06. The molecule has 2 rings (SSSR count). The molecule has 0 spiro atoms. The summed E-state index contributed by atoms with van der Waals surface area (Å²) in [5.41, 5.74) is 1.04. The summed E-state index contributed by atoms with van der Waals surface area (Å²) in [5, 5.41) is 7.58. The molecule has 2 heterocycles. The fourth-order valence-electron chi connectivity index (χ4n) is 1.93. The number of aromatic nitrogens is 3. The molecule has 0 saturated carbocycles. The highest BCUT2D eigenvalue weighted by Gasteiger charge is 2.01. The quantitative estimate of drug-likeness (QED) is 0.744. The van der Waals surface area contributed by atoms with Gasteiger partial charge >= 0.3 is 0 Å². The van der Waals surface area contributed by atoms with Crippen molar-refractivity contribution < 1.29 is 0 Å². The van der Waals surface area contributed by atoms with E-state index in [2.05, 4.69) is 21.7 Å². The van der Waals surface area contributed by atoms with Crippen LogP contribution in [0.25, 0.3) is 5.52 Å². The van der Waals surface area contributed by atoms with Crippen molar-refractivity contribution in [1.29, 1.82) is 0 Å². The van der Waals surface area contributed by atoms with Gasteiger partial charge in [-0.1, -0.05) is 12.8 Å². The van der Waals surface area contributed by atoms with Crippen LogP contribution in [0.2, 0.25) is 0 Å². The van der Waals surface area contributed by atoms with Gasteiger partial charge in [0.15, 0.2) is 5.82 Å². The van der Waals surface area contributed by atoms with Crippen molar-refractivity contribution in [2.75, 3.05) is 23.9 Å². The van der Waals surface area contributed by atoms with Gasteiger partial charge in [0, 0.05) is 18.9 Å². The Hall–Kier alpha value is -1.23.